The summed E-state index contributed by atoms with van der Waals surface area (Å²) in [6.45, 7) is 1.93. The number of rotatable bonds is 4. The quantitative estimate of drug-likeness (QED) is 0.399. The molecule has 3 heterocycles. The van der Waals surface area contributed by atoms with Crippen molar-refractivity contribution < 1.29 is 14.0 Å². The number of benzene rings is 2. The van der Waals surface area contributed by atoms with Crippen molar-refractivity contribution in [2.75, 3.05) is 4.90 Å². The minimum atomic E-state index is -0.762. The van der Waals surface area contributed by atoms with Gasteiger partial charge < -0.3 is 10.2 Å². The number of fused-ring (bicyclic) bond motifs is 1. The average Bonchev–Trinajstić information content (AvgIpc) is 3.40. The van der Waals surface area contributed by atoms with E-state index in [0.29, 0.717) is 32.8 Å². The highest BCUT2D eigenvalue weighted by molar-refractivity contribution is 8.04. The van der Waals surface area contributed by atoms with Crippen molar-refractivity contribution in [3.63, 3.8) is 0 Å². The van der Waals surface area contributed by atoms with Gasteiger partial charge in [0.1, 0.15) is 16.8 Å². The standard InChI is InChI=1S/C27H19Cl2N3O3S/c1-14-2-5-16(6-3-14)32-26(33)23-18(20(13-30)25(31)36-24(23)27(32)34)10-7-17-8-11-22(35-17)19-9-4-15(28)12-21(19)29/h2-12,18,23-24H,31H2,1H3/b10-7+/t18-,23+,24+/m0/s1. The zero-order valence-electron chi connectivity index (χ0n) is 18.9. The van der Waals surface area contributed by atoms with Crippen LogP contribution in [0.2, 0.25) is 10.0 Å². The third kappa shape index (κ3) is 4.22. The number of aryl methyl sites for hydroxylation is 1. The summed E-state index contributed by atoms with van der Waals surface area (Å²) in [5.41, 5.74) is 8.64. The first kappa shape index (κ1) is 24.3. The van der Waals surface area contributed by atoms with Crippen molar-refractivity contribution in [2.45, 2.75) is 12.2 Å². The van der Waals surface area contributed by atoms with Crippen LogP contribution in [0.1, 0.15) is 11.3 Å². The number of furan rings is 1. The monoisotopic (exact) mass is 535 g/mol. The summed E-state index contributed by atoms with van der Waals surface area (Å²) in [6, 6.07) is 17.9. The molecule has 180 valence electrons. The number of thioether (sulfide) groups is 1. The maximum absolute atomic E-state index is 13.5. The second-order valence-electron chi connectivity index (χ2n) is 8.51. The van der Waals surface area contributed by atoms with Crippen LogP contribution in [-0.2, 0) is 9.59 Å². The van der Waals surface area contributed by atoms with Crippen LogP contribution in [0.5, 0.6) is 0 Å². The van der Waals surface area contributed by atoms with Crippen LogP contribution in [0.15, 0.2) is 75.7 Å². The number of carbonyl (C=O) groups is 2. The molecule has 0 spiro atoms. The van der Waals surface area contributed by atoms with Crippen molar-refractivity contribution in [1.29, 1.82) is 5.26 Å². The van der Waals surface area contributed by atoms with Crippen LogP contribution in [0, 0.1) is 30.1 Å². The van der Waals surface area contributed by atoms with E-state index in [4.69, 9.17) is 33.4 Å². The van der Waals surface area contributed by atoms with Gasteiger partial charge >= 0.3 is 0 Å². The van der Waals surface area contributed by atoms with Gasteiger partial charge in [-0.3, -0.25) is 9.59 Å². The summed E-state index contributed by atoms with van der Waals surface area (Å²) < 4.78 is 5.93. The molecule has 9 heteroatoms. The van der Waals surface area contributed by atoms with E-state index >= 15 is 0 Å². The van der Waals surface area contributed by atoms with Gasteiger partial charge in [-0.1, -0.05) is 58.7 Å². The summed E-state index contributed by atoms with van der Waals surface area (Å²) in [5.74, 6) is -1.10. The number of hydrogen-bond acceptors (Lipinski definition) is 6. The molecule has 0 aliphatic carbocycles. The maximum atomic E-state index is 13.5. The molecular weight excluding hydrogens is 517 g/mol. The van der Waals surface area contributed by atoms with E-state index in [1.165, 1.54) is 4.90 Å². The fourth-order valence-corrected chi connectivity index (χ4v) is 6.17. The number of nitrogens with zero attached hydrogens (tertiary/aromatic N) is 2. The van der Waals surface area contributed by atoms with Crippen LogP contribution in [0.4, 0.5) is 5.69 Å². The molecule has 2 N–H and O–H groups in total. The molecule has 6 nitrogen and oxygen atoms in total. The van der Waals surface area contributed by atoms with E-state index in [1.54, 1.807) is 54.6 Å². The van der Waals surface area contributed by atoms with Gasteiger partial charge in [0.05, 0.1) is 33.3 Å². The number of carbonyl (C=O) groups excluding carboxylic acids is 2. The lowest BCUT2D eigenvalue weighted by Gasteiger charge is -2.28. The van der Waals surface area contributed by atoms with Gasteiger partial charge in [0.15, 0.2) is 0 Å². The molecule has 1 fully saturated rings. The SMILES string of the molecule is Cc1ccc(N2C(=O)[C@@H]3[C@@H](/C=C/c4ccc(-c5ccc(Cl)cc5Cl)o4)C(C#N)=C(N)S[C@H]3C2=O)cc1. The Morgan fingerprint density at radius 1 is 1.08 bits per heavy atom. The molecule has 1 aromatic heterocycles. The van der Waals surface area contributed by atoms with Gasteiger partial charge in [-0.2, -0.15) is 5.26 Å². The van der Waals surface area contributed by atoms with Crippen LogP contribution < -0.4 is 10.6 Å². The molecule has 5 rings (SSSR count). The minimum absolute atomic E-state index is 0.244. The Morgan fingerprint density at radius 2 is 1.83 bits per heavy atom. The van der Waals surface area contributed by atoms with Crippen LogP contribution in [0.3, 0.4) is 0 Å². The molecule has 2 amide bonds. The molecule has 3 atom stereocenters. The zero-order chi connectivity index (χ0) is 25.6. The lowest BCUT2D eigenvalue weighted by molar-refractivity contribution is -0.122. The number of hydrogen-bond donors (Lipinski definition) is 1. The summed E-state index contributed by atoms with van der Waals surface area (Å²) in [6.07, 6.45) is 3.39. The lowest BCUT2D eigenvalue weighted by Crippen LogP contribution is -2.34. The molecule has 36 heavy (non-hydrogen) atoms. The summed E-state index contributed by atoms with van der Waals surface area (Å²) in [5, 5.41) is 10.3. The highest BCUT2D eigenvalue weighted by Gasteiger charge is 2.55. The maximum Gasteiger partial charge on any atom is 0.248 e. The highest BCUT2D eigenvalue weighted by atomic mass is 35.5. The van der Waals surface area contributed by atoms with Crippen LogP contribution in [0.25, 0.3) is 17.4 Å². The van der Waals surface area contributed by atoms with Gasteiger partial charge in [0, 0.05) is 16.5 Å². The number of allylic oxidation sites excluding steroid dienone is 2. The largest absolute Gasteiger partial charge is 0.457 e. The van der Waals surface area contributed by atoms with E-state index in [1.807, 2.05) is 19.1 Å². The Morgan fingerprint density at radius 3 is 2.53 bits per heavy atom. The zero-order valence-corrected chi connectivity index (χ0v) is 21.3. The van der Waals surface area contributed by atoms with E-state index < -0.39 is 17.1 Å². The first-order chi connectivity index (χ1) is 17.3. The van der Waals surface area contributed by atoms with Crippen LogP contribution in [-0.4, -0.2) is 17.1 Å². The molecule has 0 saturated carbocycles. The normalized spacial score (nSPS) is 21.8. The first-order valence-corrected chi connectivity index (χ1v) is 12.7. The fraction of sp³-hybridized carbons (Fsp3) is 0.148. The van der Waals surface area contributed by atoms with E-state index in [0.717, 1.165) is 17.3 Å². The molecule has 2 aliphatic heterocycles. The predicted molar refractivity (Wildman–Crippen MR) is 142 cm³/mol. The second-order valence-corrected chi connectivity index (χ2v) is 10.5. The number of imide groups is 1. The predicted octanol–water partition coefficient (Wildman–Crippen LogP) is 6.19. The van der Waals surface area contributed by atoms with Crippen molar-refractivity contribution in [2.24, 2.45) is 17.6 Å². The number of nitrogens with two attached hydrogens (primary N) is 1. The third-order valence-corrected chi connectivity index (χ3v) is 8.01. The van der Waals surface area contributed by atoms with E-state index in [9.17, 15) is 14.9 Å². The molecule has 2 aromatic carbocycles. The Balaban J connectivity index is 1.48. The fourth-order valence-electron chi connectivity index (χ4n) is 4.45. The lowest BCUT2D eigenvalue weighted by atomic mass is 9.84. The topological polar surface area (TPSA) is 100 Å². The summed E-state index contributed by atoms with van der Waals surface area (Å²) in [7, 11) is 0. The molecule has 3 aromatic rings. The van der Waals surface area contributed by atoms with Crippen molar-refractivity contribution >= 4 is 58.5 Å². The van der Waals surface area contributed by atoms with Crippen molar-refractivity contribution in [1.82, 2.24) is 0 Å². The molecule has 0 unspecified atom stereocenters. The third-order valence-electron chi connectivity index (χ3n) is 6.24. The minimum Gasteiger partial charge on any atom is -0.457 e. The van der Waals surface area contributed by atoms with Crippen LogP contribution >= 0.6 is 35.0 Å². The number of amides is 2. The second kappa shape index (κ2) is 9.55. The molecule has 2 aliphatic rings. The Labute approximate surface area is 222 Å². The summed E-state index contributed by atoms with van der Waals surface area (Å²) in [4.78, 5) is 28.0. The molecule has 0 radical (unpaired) electrons. The molecule has 0 bridgehead atoms. The van der Waals surface area contributed by atoms with Gasteiger partial charge in [-0.05, 0) is 55.5 Å². The molecular formula is C27H19Cl2N3O3S. The number of nitriles is 1. The van der Waals surface area contributed by atoms with E-state index in [2.05, 4.69) is 6.07 Å². The van der Waals surface area contributed by atoms with E-state index in [-0.39, 0.29) is 22.4 Å². The van der Waals surface area contributed by atoms with Gasteiger partial charge in [0.2, 0.25) is 11.8 Å². The number of anilines is 1. The Kier molecular flexibility index (Phi) is 6.44. The highest BCUT2D eigenvalue weighted by Crippen LogP contribution is 2.47. The van der Waals surface area contributed by atoms with Gasteiger partial charge in [-0.15, -0.1) is 0 Å². The van der Waals surface area contributed by atoms with Crippen molar-refractivity contribution in [3.05, 3.63) is 92.6 Å². The van der Waals surface area contributed by atoms with Gasteiger partial charge in [0.25, 0.3) is 0 Å². The Hall–Kier alpha value is -3.44. The Bertz CT molecular complexity index is 1490. The van der Waals surface area contributed by atoms with Crippen molar-refractivity contribution in [3.8, 4) is 17.4 Å². The average molecular weight is 536 g/mol. The summed E-state index contributed by atoms with van der Waals surface area (Å²) >= 11 is 13.4. The first-order valence-electron chi connectivity index (χ1n) is 11.0. The van der Waals surface area contributed by atoms with Gasteiger partial charge in [-0.25, -0.2) is 4.90 Å². The number of halogens is 2. The molecule has 1 saturated heterocycles. The smallest absolute Gasteiger partial charge is 0.248 e.